The maximum Gasteiger partial charge on any atom is 0.123 e. The summed E-state index contributed by atoms with van der Waals surface area (Å²) in [4.78, 5) is 2.51. The van der Waals surface area contributed by atoms with E-state index in [2.05, 4.69) is 29.2 Å². The maximum absolute atomic E-state index is 13.4. The monoisotopic (exact) mass is 335 g/mol. The molecule has 4 rings (SSSR count). The van der Waals surface area contributed by atoms with E-state index in [1.807, 2.05) is 6.07 Å². The summed E-state index contributed by atoms with van der Waals surface area (Å²) in [5.74, 6) is -0.143. The van der Waals surface area contributed by atoms with Crippen molar-refractivity contribution >= 4 is 5.57 Å². The third-order valence-electron chi connectivity index (χ3n) is 5.59. The van der Waals surface area contributed by atoms with Gasteiger partial charge in [0.15, 0.2) is 0 Å². The standard InChI is InChI=1S/C23H26FN/c24-23-8-2-7-22(17-23)20-11-14-25(15-12-20)13-3-4-18-9-10-19-5-1-6-21(19)16-18/h2,7-11,16-17H,1,3-6,12-15H2. The summed E-state index contributed by atoms with van der Waals surface area (Å²) in [6.07, 6.45) is 9.53. The molecule has 25 heavy (non-hydrogen) atoms. The topological polar surface area (TPSA) is 3.24 Å². The van der Waals surface area contributed by atoms with E-state index in [1.165, 1.54) is 49.3 Å². The van der Waals surface area contributed by atoms with Gasteiger partial charge in [-0.2, -0.15) is 0 Å². The molecule has 1 aliphatic carbocycles. The first-order chi connectivity index (χ1) is 12.3. The van der Waals surface area contributed by atoms with Gasteiger partial charge in [-0.15, -0.1) is 0 Å². The lowest BCUT2D eigenvalue weighted by Crippen LogP contribution is -2.29. The Kier molecular flexibility index (Phi) is 4.98. The molecule has 0 unspecified atom stereocenters. The van der Waals surface area contributed by atoms with E-state index in [1.54, 1.807) is 23.3 Å². The first kappa shape index (κ1) is 16.5. The Labute approximate surface area is 150 Å². The molecular weight excluding hydrogens is 309 g/mol. The van der Waals surface area contributed by atoms with E-state index in [9.17, 15) is 4.39 Å². The number of benzene rings is 2. The molecule has 0 saturated heterocycles. The van der Waals surface area contributed by atoms with Crippen LogP contribution in [0.5, 0.6) is 0 Å². The zero-order valence-corrected chi connectivity index (χ0v) is 14.8. The van der Waals surface area contributed by atoms with Crippen LogP contribution in [0.2, 0.25) is 0 Å². The minimum atomic E-state index is -0.143. The van der Waals surface area contributed by atoms with Crippen molar-refractivity contribution in [2.24, 2.45) is 0 Å². The lowest BCUT2D eigenvalue weighted by Gasteiger charge is -2.26. The van der Waals surface area contributed by atoms with Crippen molar-refractivity contribution in [1.29, 1.82) is 0 Å². The van der Waals surface area contributed by atoms with Crippen molar-refractivity contribution in [1.82, 2.24) is 4.90 Å². The molecule has 1 aliphatic heterocycles. The van der Waals surface area contributed by atoms with Crippen molar-refractivity contribution in [2.45, 2.75) is 38.5 Å². The highest BCUT2D eigenvalue weighted by molar-refractivity contribution is 5.66. The number of aryl methyl sites for hydroxylation is 3. The number of hydrogen-bond donors (Lipinski definition) is 0. The Hall–Kier alpha value is -1.93. The number of rotatable bonds is 5. The van der Waals surface area contributed by atoms with Crippen LogP contribution < -0.4 is 0 Å². The molecule has 2 aromatic carbocycles. The van der Waals surface area contributed by atoms with Crippen LogP contribution in [0.4, 0.5) is 4.39 Å². The molecule has 1 heterocycles. The van der Waals surface area contributed by atoms with Crippen LogP contribution in [0.15, 0.2) is 48.5 Å². The van der Waals surface area contributed by atoms with E-state index >= 15 is 0 Å². The average molecular weight is 335 g/mol. The summed E-state index contributed by atoms with van der Waals surface area (Å²) in [5, 5.41) is 0. The van der Waals surface area contributed by atoms with Gasteiger partial charge in [0.05, 0.1) is 0 Å². The van der Waals surface area contributed by atoms with Crippen LogP contribution in [0.3, 0.4) is 0 Å². The van der Waals surface area contributed by atoms with Crippen molar-refractivity contribution in [3.8, 4) is 0 Å². The number of fused-ring (bicyclic) bond motifs is 1. The van der Waals surface area contributed by atoms with Crippen LogP contribution in [0.1, 0.15) is 41.5 Å². The summed E-state index contributed by atoms with van der Waals surface area (Å²) < 4.78 is 13.4. The van der Waals surface area contributed by atoms with Gasteiger partial charge in [-0.3, -0.25) is 4.90 Å². The highest BCUT2D eigenvalue weighted by atomic mass is 19.1. The summed E-state index contributed by atoms with van der Waals surface area (Å²) in [6, 6.07) is 14.1. The minimum absolute atomic E-state index is 0.143. The van der Waals surface area contributed by atoms with Crippen LogP contribution in [0, 0.1) is 5.82 Å². The first-order valence-electron chi connectivity index (χ1n) is 9.56. The van der Waals surface area contributed by atoms with Gasteiger partial charge >= 0.3 is 0 Å². The fourth-order valence-electron chi connectivity index (χ4n) is 4.15. The second kappa shape index (κ2) is 7.53. The van der Waals surface area contributed by atoms with Crippen molar-refractivity contribution in [2.75, 3.05) is 19.6 Å². The molecule has 0 bridgehead atoms. The molecule has 2 aliphatic rings. The van der Waals surface area contributed by atoms with Gasteiger partial charge in [0.25, 0.3) is 0 Å². The summed E-state index contributed by atoms with van der Waals surface area (Å²) >= 11 is 0. The Morgan fingerprint density at radius 3 is 2.72 bits per heavy atom. The lowest BCUT2D eigenvalue weighted by atomic mass is 9.99. The van der Waals surface area contributed by atoms with Crippen LogP contribution in [-0.2, 0) is 19.3 Å². The molecule has 0 atom stereocenters. The van der Waals surface area contributed by atoms with E-state index in [-0.39, 0.29) is 5.82 Å². The Morgan fingerprint density at radius 2 is 1.88 bits per heavy atom. The second-order valence-electron chi connectivity index (χ2n) is 7.35. The van der Waals surface area contributed by atoms with Crippen LogP contribution in [0.25, 0.3) is 5.57 Å². The number of hydrogen-bond acceptors (Lipinski definition) is 1. The Morgan fingerprint density at radius 1 is 0.960 bits per heavy atom. The fourth-order valence-corrected chi connectivity index (χ4v) is 4.15. The molecule has 1 nitrogen and oxygen atoms in total. The molecule has 130 valence electrons. The largest absolute Gasteiger partial charge is 0.299 e. The molecule has 0 spiro atoms. The zero-order chi connectivity index (χ0) is 17.1. The normalized spacial score (nSPS) is 17.4. The van der Waals surface area contributed by atoms with Crippen molar-refractivity contribution in [3.63, 3.8) is 0 Å². The SMILES string of the molecule is Fc1cccc(C2=CCN(CCCc3ccc4c(c3)CCC4)CC2)c1. The molecule has 2 heteroatoms. The molecule has 2 aromatic rings. The molecule has 0 N–H and O–H groups in total. The highest BCUT2D eigenvalue weighted by Crippen LogP contribution is 2.24. The third kappa shape index (κ3) is 4.01. The summed E-state index contributed by atoms with van der Waals surface area (Å²) in [6.45, 7) is 3.20. The molecular formula is C23H26FN. The predicted octanol–water partition coefficient (Wildman–Crippen LogP) is 5.04. The molecule has 0 aromatic heterocycles. The Bertz CT molecular complexity index is 777. The van der Waals surface area contributed by atoms with Gasteiger partial charge < -0.3 is 0 Å². The zero-order valence-electron chi connectivity index (χ0n) is 14.8. The van der Waals surface area contributed by atoms with Gasteiger partial charge in [-0.05, 0) is 85.0 Å². The predicted molar refractivity (Wildman–Crippen MR) is 102 cm³/mol. The van der Waals surface area contributed by atoms with Gasteiger partial charge in [0.1, 0.15) is 5.82 Å². The average Bonchev–Trinajstić information content (AvgIpc) is 3.10. The van der Waals surface area contributed by atoms with Crippen molar-refractivity contribution < 1.29 is 4.39 Å². The third-order valence-corrected chi connectivity index (χ3v) is 5.59. The number of nitrogens with zero attached hydrogens (tertiary/aromatic N) is 1. The smallest absolute Gasteiger partial charge is 0.123 e. The quantitative estimate of drug-likeness (QED) is 0.740. The first-order valence-corrected chi connectivity index (χ1v) is 9.56. The molecule has 0 radical (unpaired) electrons. The van der Waals surface area contributed by atoms with E-state index in [0.29, 0.717) is 0 Å². The van der Waals surface area contributed by atoms with Crippen molar-refractivity contribution in [3.05, 3.63) is 76.6 Å². The highest BCUT2D eigenvalue weighted by Gasteiger charge is 2.14. The summed E-state index contributed by atoms with van der Waals surface area (Å²) in [7, 11) is 0. The van der Waals surface area contributed by atoms with E-state index < -0.39 is 0 Å². The number of halogens is 1. The summed E-state index contributed by atoms with van der Waals surface area (Å²) in [5.41, 5.74) is 6.97. The lowest BCUT2D eigenvalue weighted by molar-refractivity contribution is 0.298. The van der Waals surface area contributed by atoms with E-state index in [0.717, 1.165) is 31.6 Å². The fraction of sp³-hybridized carbons (Fsp3) is 0.391. The maximum atomic E-state index is 13.4. The molecule has 0 amide bonds. The van der Waals surface area contributed by atoms with Crippen LogP contribution >= 0.6 is 0 Å². The van der Waals surface area contributed by atoms with Gasteiger partial charge in [0, 0.05) is 13.1 Å². The van der Waals surface area contributed by atoms with Gasteiger partial charge in [-0.25, -0.2) is 4.39 Å². The minimum Gasteiger partial charge on any atom is -0.299 e. The second-order valence-corrected chi connectivity index (χ2v) is 7.35. The Balaban J connectivity index is 1.27. The molecule has 0 saturated carbocycles. The van der Waals surface area contributed by atoms with Gasteiger partial charge in [-0.1, -0.05) is 36.4 Å². The van der Waals surface area contributed by atoms with Gasteiger partial charge in [0.2, 0.25) is 0 Å². The van der Waals surface area contributed by atoms with E-state index in [4.69, 9.17) is 0 Å². The van der Waals surface area contributed by atoms with Crippen LogP contribution in [-0.4, -0.2) is 24.5 Å². The molecule has 0 fully saturated rings.